The van der Waals surface area contributed by atoms with E-state index in [1.54, 1.807) is 14.5 Å². The molecule has 1 saturated carbocycles. The number of hydrogen-bond acceptors (Lipinski definition) is 5. The number of amidine groups is 1. The van der Waals surface area contributed by atoms with E-state index in [0.717, 1.165) is 41.8 Å². The molecule has 3 N–H and O–H groups in total. The van der Waals surface area contributed by atoms with Crippen molar-refractivity contribution in [2.45, 2.75) is 24.7 Å². The van der Waals surface area contributed by atoms with Crippen molar-refractivity contribution >= 4 is 23.3 Å². The Morgan fingerprint density at radius 3 is 2.51 bits per heavy atom. The highest BCUT2D eigenvalue weighted by atomic mass is 16.5. The average molecular weight is 471 g/mol. The van der Waals surface area contributed by atoms with Gasteiger partial charge < -0.3 is 20.3 Å². The van der Waals surface area contributed by atoms with Crippen LogP contribution in [0.4, 0.5) is 5.69 Å². The van der Waals surface area contributed by atoms with Crippen LogP contribution in [0.5, 0.6) is 5.75 Å². The molecule has 0 unspecified atom stereocenters. The van der Waals surface area contributed by atoms with E-state index in [-0.39, 0.29) is 17.0 Å². The van der Waals surface area contributed by atoms with E-state index in [1.807, 2.05) is 56.6 Å². The number of anilines is 1. The zero-order valence-electron chi connectivity index (χ0n) is 19.7. The molecule has 2 aliphatic heterocycles. The summed E-state index contributed by atoms with van der Waals surface area (Å²) in [6.07, 6.45) is 2.50. The molecule has 35 heavy (non-hydrogen) atoms. The predicted molar refractivity (Wildman–Crippen MR) is 131 cm³/mol. The Morgan fingerprint density at radius 1 is 1.14 bits per heavy atom. The topological polar surface area (TPSA) is 118 Å². The maximum atomic E-state index is 14.0. The van der Waals surface area contributed by atoms with Gasteiger partial charge in [0.05, 0.1) is 12.3 Å². The minimum Gasteiger partial charge on any atom is -0.493 e. The lowest BCUT2D eigenvalue weighted by atomic mass is 9.88. The molecule has 0 saturated heterocycles. The molecule has 9 nitrogen and oxygen atoms in total. The van der Waals surface area contributed by atoms with Gasteiger partial charge in [0.2, 0.25) is 0 Å². The molecule has 3 aromatic rings. The zero-order chi connectivity index (χ0) is 24.5. The largest absolute Gasteiger partial charge is 0.493 e. The summed E-state index contributed by atoms with van der Waals surface area (Å²) < 4.78 is 7.21. The van der Waals surface area contributed by atoms with Gasteiger partial charge in [0.25, 0.3) is 11.8 Å². The second-order valence-electron chi connectivity index (χ2n) is 9.70. The number of nitrogens with two attached hydrogens (primary N) is 1. The van der Waals surface area contributed by atoms with Gasteiger partial charge in [0.1, 0.15) is 17.3 Å². The van der Waals surface area contributed by atoms with Crippen LogP contribution in [0.3, 0.4) is 0 Å². The van der Waals surface area contributed by atoms with Crippen LogP contribution >= 0.6 is 0 Å². The van der Waals surface area contributed by atoms with Gasteiger partial charge in [-0.15, -0.1) is 0 Å². The number of fused-ring (bicyclic) bond motifs is 3. The first-order chi connectivity index (χ1) is 16.8. The molecule has 1 spiro atoms. The van der Waals surface area contributed by atoms with Crippen molar-refractivity contribution in [2.75, 3.05) is 32.1 Å². The fraction of sp³-hybridized carbons (Fsp3) is 0.308. The Balaban J connectivity index is 1.47. The molecule has 3 heterocycles. The van der Waals surface area contributed by atoms with Gasteiger partial charge in [0, 0.05) is 49.3 Å². The molecule has 2 aromatic carbocycles. The van der Waals surface area contributed by atoms with Gasteiger partial charge in [-0.1, -0.05) is 0 Å². The molecule has 6 rings (SSSR count). The number of aromatic nitrogens is 2. The van der Waals surface area contributed by atoms with E-state index >= 15 is 0 Å². The van der Waals surface area contributed by atoms with Crippen molar-refractivity contribution in [1.29, 1.82) is 5.41 Å². The minimum absolute atomic E-state index is 0.178. The van der Waals surface area contributed by atoms with E-state index in [4.69, 9.17) is 15.9 Å². The molecule has 1 aromatic heterocycles. The van der Waals surface area contributed by atoms with Gasteiger partial charge >= 0.3 is 0 Å². The molecular formula is C26H26N6O3. The number of nitrogens with zero attached hydrogens (tertiary/aromatic N) is 4. The highest BCUT2D eigenvalue weighted by Gasteiger charge is 2.56. The molecule has 3 aliphatic rings. The Morgan fingerprint density at radius 2 is 1.86 bits per heavy atom. The highest BCUT2D eigenvalue weighted by molar-refractivity contribution is 6.11. The number of amides is 2. The molecule has 178 valence electrons. The molecule has 0 radical (unpaired) electrons. The summed E-state index contributed by atoms with van der Waals surface area (Å²) >= 11 is 0. The van der Waals surface area contributed by atoms with Crippen LogP contribution in [0.15, 0.2) is 42.5 Å². The summed E-state index contributed by atoms with van der Waals surface area (Å²) in [6, 6.07) is 13.2. The number of benzene rings is 2. The van der Waals surface area contributed by atoms with E-state index in [0.29, 0.717) is 35.9 Å². The lowest BCUT2D eigenvalue weighted by molar-refractivity contribution is 0.0966. The Kier molecular flexibility index (Phi) is 4.54. The van der Waals surface area contributed by atoms with Gasteiger partial charge in [-0.25, -0.2) is 4.68 Å². The Hall–Kier alpha value is -4.14. The summed E-state index contributed by atoms with van der Waals surface area (Å²) in [5, 5.41) is 12.8. The lowest BCUT2D eigenvalue weighted by Crippen LogP contribution is -2.44. The lowest BCUT2D eigenvalue weighted by Gasteiger charge is -2.33. The number of carbonyl (C=O) groups excluding carboxylic acids is 2. The number of ether oxygens (including phenoxy) is 1. The van der Waals surface area contributed by atoms with Gasteiger partial charge in [0.15, 0.2) is 5.69 Å². The van der Waals surface area contributed by atoms with Crippen LogP contribution in [-0.4, -0.2) is 59.6 Å². The molecule has 1 aliphatic carbocycles. The first-order valence-electron chi connectivity index (χ1n) is 11.7. The highest BCUT2D eigenvalue weighted by Crippen LogP contribution is 2.54. The first kappa shape index (κ1) is 21.4. The van der Waals surface area contributed by atoms with Crippen LogP contribution < -0.4 is 15.4 Å². The molecule has 1 fully saturated rings. The second kappa shape index (κ2) is 7.43. The third-order valence-electron chi connectivity index (χ3n) is 7.23. The maximum Gasteiger partial charge on any atom is 0.277 e. The van der Waals surface area contributed by atoms with E-state index < -0.39 is 5.91 Å². The van der Waals surface area contributed by atoms with Crippen molar-refractivity contribution in [3.63, 3.8) is 0 Å². The van der Waals surface area contributed by atoms with E-state index in [9.17, 15) is 9.59 Å². The minimum atomic E-state index is -0.622. The zero-order valence-corrected chi connectivity index (χ0v) is 19.7. The quantitative estimate of drug-likeness (QED) is 0.449. The van der Waals surface area contributed by atoms with Gasteiger partial charge in [-0.05, 0) is 60.9 Å². The summed E-state index contributed by atoms with van der Waals surface area (Å²) in [7, 11) is 3.65. The van der Waals surface area contributed by atoms with Gasteiger partial charge in [-0.3, -0.25) is 15.0 Å². The van der Waals surface area contributed by atoms with Crippen molar-refractivity contribution in [1.82, 2.24) is 14.7 Å². The third kappa shape index (κ3) is 3.22. The molecule has 0 atom stereocenters. The van der Waals surface area contributed by atoms with Crippen molar-refractivity contribution in [3.8, 4) is 11.4 Å². The molecule has 9 heteroatoms. The smallest absolute Gasteiger partial charge is 0.277 e. The maximum absolute atomic E-state index is 14.0. The molecule has 0 bridgehead atoms. The van der Waals surface area contributed by atoms with Crippen LogP contribution in [0, 0.1) is 5.41 Å². The van der Waals surface area contributed by atoms with Crippen LogP contribution in [0.2, 0.25) is 0 Å². The normalized spacial score (nSPS) is 17.1. The summed E-state index contributed by atoms with van der Waals surface area (Å²) in [5.74, 6) is 0.389. The SMILES string of the molecule is CN(C)C(=N)c1ccc(N2CC3(CC3)c3c(C(N)=O)nn(-c4ccc5c(c4)CCO5)c3C2=O)cc1. The van der Waals surface area contributed by atoms with Crippen LogP contribution in [0.1, 0.15) is 50.5 Å². The monoisotopic (exact) mass is 470 g/mol. The third-order valence-corrected chi connectivity index (χ3v) is 7.23. The Labute approximate surface area is 202 Å². The van der Waals surface area contributed by atoms with E-state index in [1.165, 1.54) is 0 Å². The van der Waals surface area contributed by atoms with Crippen LogP contribution in [-0.2, 0) is 11.8 Å². The average Bonchev–Trinajstić information content (AvgIpc) is 3.27. The summed E-state index contributed by atoms with van der Waals surface area (Å²) in [4.78, 5) is 29.9. The van der Waals surface area contributed by atoms with Crippen molar-refractivity contribution in [3.05, 3.63) is 70.5 Å². The number of rotatable bonds is 4. The number of hydrogen-bond donors (Lipinski definition) is 2. The fourth-order valence-corrected chi connectivity index (χ4v) is 5.19. The Bertz CT molecular complexity index is 1400. The molecule has 2 amide bonds. The number of nitrogens with one attached hydrogen (secondary N) is 1. The second-order valence-corrected chi connectivity index (χ2v) is 9.70. The summed E-state index contributed by atoms with van der Waals surface area (Å²) in [6.45, 7) is 1.09. The number of primary amides is 1. The van der Waals surface area contributed by atoms with E-state index in [2.05, 4.69) is 5.10 Å². The standard InChI is InChI=1S/C26H26N6O3/c1-30(2)23(27)15-3-5-17(6-4-15)31-14-26(10-11-26)20-21(24(28)33)29-32(22(20)25(31)34)18-7-8-19-16(13-18)9-12-35-19/h3-8,13,27H,9-12,14H2,1-2H3,(H2,28,33). The number of carbonyl (C=O) groups is 2. The van der Waals surface area contributed by atoms with Crippen molar-refractivity contribution in [2.24, 2.45) is 5.73 Å². The summed E-state index contributed by atoms with van der Waals surface area (Å²) in [5.41, 5.74) is 9.93. The van der Waals surface area contributed by atoms with Gasteiger partial charge in [-0.2, -0.15) is 5.10 Å². The predicted octanol–water partition coefficient (Wildman–Crippen LogP) is 2.49. The molecular weight excluding hydrogens is 444 g/mol. The van der Waals surface area contributed by atoms with Crippen LogP contribution in [0.25, 0.3) is 5.69 Å². The fourth-order valence-electron chi connectivity index (χ4n) is 5.19. The van der Waals surface area contributed by atoms with Crippen molar-refractivity contribution < 1.29 is 14.3 Å². The first-order valence-corrected chi connectivity index (χ1v) is 11.7.